The van der Waals surface area contributed by atoms with Crippen LogP contribution in [-0.2, 0) is 9.68 Å². The second-order valence-corrected chi connectivity index (χ2v) is 8.54. The Bertz CT molecular complexity index is 320. The first-order valence-corrected chi connectivity index (χ1v) is 12.9. The molecule has 0 saturated carbocycles. The lowest BCUT2D eigenvalue weighted by atomic mass is 10.1. The van der Waals surface area contributed by atoms with Crippen molar-refractivity contribution >= 4 is 12.4 Å². The van der Waals surface area contributed by atoms with Gasteiger partial charge in [0.15, 0.2) is 13.2 Å². The number of nitrogens with zero attached hydrogens (tertiary/aromatic N) is 1. The zero-order valence-corrected chi connectivity index (χ0v) is 21.0. The number of unbranched alkanes of at least 4 members (excludes halogenated alkanes) is 18. The topological polar surface area (TPSA) is 90.6 Å². The fourth-order valence-electron chi connectivity index (χ4n) is 3.64. The zero-order valence-electron chi connectivity index (χ0n) is 20.2. The molecule has 0 aliphatic carbocycles. The van der Waals surface area contributed by atoms with Crippen molar-refractivity contribution in [3.05, 3.63) is 4.91 Å². The quantitative estimate of drug-likeness (QED) is 0.108. The van der Waals surface area contributed by atoms with Gasteiger partial charge in [0.05, 0.1) is 0 Å². The fourth-order valence-corrected chi connectivity index (χ4v) is 3.64. The van der Waals surface area contributed by atoms with E-state index in [2.05, 4.69) is 0 Å². The maximum Gasteiger partial charge on any atom is 0.477 e. The molecule has 0 amide bonds. The summed E-state index contributed by atoms with van der Waals surface area (Å²) in [5, 5.41) is 0.308. The second kappa shape index (κ2) is 29.4. The van der Waals surface area contributed by atoms with Gasteiger partial charge in [-0.15, -0.1) is 12.4 Å². The summed E-state index contributed by atoms with van der Waals surface area (Å²) < 4.78 is 0. The standard InChI is InChI=1S/C24H52N3O3.ClH/c25-21-17-13-9-5-1-3-7-11-15-19-23-29-27(28)30-24-20-16-12-8-4-2-6-10-14-18-22-26;/h1-26H2;1H/q+1;. The van der Waals surface area contributed by atoms with Crippen LogP contribution in [0.1, 0.15) is 128 Å². The molecule has 0 bridgehead atoms. The van der Waals surface area contributed by atoms with Crippen molar-refractivity contribution in [3.8, 4) is 0 Å². The predicted octanol–water partition coefficient (Wildman–Crippen LogP) is 6.77. The molecule has 0 spiro atoms. The second-order valence-electron chi connectivity index (χ2n) is 8.54. The zero-order chi connectivity index (χ0) is 22.0. The molecule has 0 unspecified atom stereocenters. The van der Waals surface area contributed by atoms with Crippen molar-refractivity contribution < 1.29 is 14.8 Å². The monoisotopic (exact) mass is 466 g/mol. The normalized spacial score (nSPS) is 10.6. The molecule has 188 valence electrons. The van der Waals surface area contributed by atoms with E-state index in [1.54, 1.807) is 0 Å². The van der Waals surface area contributed by atoms with Gasteiger partial charge >= 0.3 is 5.09 Å². The number of halogens is 1. The predicted molar refractivity (Wildman–Crippen MR) is 133 cm³/mol. The van der Waals surface area contributed by atoms with E-state index in [4.69, 9.17) is 21.1 Å². The van der Waals surface area contributed by atoms with E-state index in [1.165, 1.54) is 89.9 Å². The molecule has 0 heterocycles. The van der Waals surface area contributed by atoms with Crippen LogP contribution in [0.15, 0.2) is 0 Å². The highest BCUT2D eigenvalue weighted by atomic mass is 35.5. The number of nitrogens with two attached hydrogens (primary N) is 2. The van der Waals surface area contributed by atoms with Gasteiger partial charge in [0, 0.05) is 0 Å². The van der Waals surface area contributed by atoms with Crippen LogP contribution in [0.2, 0.25) is 0 Å². The SMILES string of the molecule is Cl.NCCCCCCCCCCCCO[N+](=O)OCCCCCCCCCCCCN. The maximum atomic E-state index is 11.5. The molecule has 0 saturated heterocycles. The summed E-state index contributed by atoms with van der Waals surface area (Å²) in [6.45, 7) is 2.55. The van der Waals surface area contributed by atoms with E-state index in [1.807, 2.05) is 0 Å². The Labute approximate surface area is 198 Å². The average Bonchev–Trinajstić information content (AvgIpc) is 2.75. The van der Waals surface area contributed by atoms with E-state index in [0.717, 1.165) is 51.6 Å². The summed E-state index contributed by atoms with van der Waals surface area (Å²) in [6.07, 6.45) is 24.6. The van der Waals surface area contributed by atoms with Crippen LogP contribution in [0.25, 0.3) is 0 Å². The summed E-state index contributed by atoms with van der Waals surface area (Å²) in [4.78, 5) is 21.6. The average molecular weight is 467 g/mol. The van der Waals surface area contributed by atoms with Crippen molar-refractivity contribution in [3.63, 3.8) is 0 Å². The summed E-state index contributed by atoms with van der Waals surface area (Å²) in [5.74, 6) is 0. The lowest BCUT2D eigenvalue weighted by molar-refractivity contribution is -0.981. The molecule has 31 heavy (non-hydrogen) atoms. The van der Waals surface area contributed by atoms with Crippen molar-refractivity contribution in [2.45, 2.75) is 128 Å². The van der Waals surface area contributed by atoms with Gasteiger partial charge in [-0.25, -0.2) is 0 Å². The van der Waals surface area contributed by atoms with Crippen LogP contribution >= 0.6 is 12.4 Å². The van der Waals surface area contributed by atoms with Crippen LogP contribution in [0, 0.1) is 4.91 Å². The van der Waals surface area contributed by atoms with Crippen molar-refractivity contribution in [2.24, 2.45) is 11.5 Å². The molecule has 0 atom stereocenters. The molecule has 0 aliphatic heterocycles. The van der Waals surface area contributed by atoms with E-state index in [0.29, 0.717) is 18.3 Å². The Kier molecular flexibility index (Phi) is 30.9. The van der Waals surface area contributed by atoms with E-state index in [9.17, 15) is 4.91 Å². The number of hydrogen-bond acceptors (Lipinski definition) is 5. The highest BCUT2D eigenvalue weighted by molar-refractivity contribution is 5.85. The summed E-state index contributed by atoms with van der Waals surface area (Å²) in [7, 11) is 0. The minimum Gasteiger partial charge on any atom is -0.330 e. The minimum atomic E-state index is 0. The molecule has 0 aromatic rings. The van der Waals surface area contributed by atoms with E-state index in [-0.39, 0.29) is 12.4 Å². The van der Waals surface area contributed by atoms with Crippen LogP contribution in [0.5, 0.6) is 0 Å². The fraction of sp³-hybridized carbons (Fsp3) is 1.00. The van der Waals surface area contributed by atoms with Crippen LogP contribution < -0.4 is 11.5 Å². The molecule has 0 aliphatic rings. The van der Waals surface area contributed by atoms with Gasteiger partial charge in [-0.2, -0.15) is 9.68 Å². The Balaban J connectivity index is 0. The molecule has 4 N–H and O–H groups in total. The molecule has 6 nitrogen and oxygen atoms in total. The summed E-state index contributed by atoms with van der Waals surface area (Å²) >= 11 is 0. The Hall–Kier alpha value is -0.590. The summed E-state index contributed by atoms with van der Waals surface area (Å²) in [6, 6.07) is 0. The number of hydrogen-bond donors (Lipinski definition) is 2. The molecule has 0 radical (unpaired) electrons. The van der Waals surface area contributed by atoms with E-state index < -0.39 is 0 Å². The molecular formula is C24H53ClN3O3+. The van der Waals surface area contributed by atoms with Gasteiger partial charge in [-0.1, -0.05) is 89.9 Å². The molecular weight excluding hydrogens is 414 g/mol. The lowest BCUT2D eigenvalue weighted by Crippen LogP contribution is -2.12. The molecule has 0 fully saturated rings. The first-order chi connectivity index (χ1) is 14.8. The smallest absolute Gasteiger partial charge is 0.330 e. The van der Waals surface area contributed by atoms with Crippen LogP contribution in [-0.4, -0.2) is 31.4 Å². The van der Waals surface area contributed by atoms with Crippen molar-refractivity contribution in [1.82, 2.24) is 0 Å². The van der Waals surface area contributed by atoms with Gasteiger partial charge in [-0.05, 0) is 51.6 Å². The van der Waals surface area contributed by atoms with Crippen LogP contribution in [0.4, 0.5) is 0 Å². The first-order valence-electron chi connectivity index (χ1n) is 12.9. The van der Waals surface area contributed by atoms with Crippen LogP contribution in [0.3, 0.4) is 0 Å². The molecule has 7 heteroatoms. The molecule has 0 rings (SSSR count). The van der Waals surface area contributed by atoms with Crippen molar-refractivity contribution in [1.29, 1.82) is 0 Å². The van der Waals surface area contributed by atoms with Gasteiger partial charge in [0.1, 0.15) is 4.91 Å². The van der Waals surface area contributed by atoms with E-state index >= 15 is 0 Å². The van der Waals surface area contributed by atoms with Gasteiger partial charge in [-0.3, -0.25) is 0 Å². The highest BCUT2D eigenvalue weighted by Gasteiger charge is 2.11. The van der Waals surface area contributed by atoms with Gasteiger partial charge in [0.2, 0.25) is 0 Å². The Morgan fingerprint density at radius 1 is 0.419 bits per heavy atom. The third kappa shape index (κ3) is 29.4. The number of rotatable bonds is 26. The Morgan fingerprint density at radius 2 is 0.645 bits per heavy atom. The minimum absolute atomic E-state index is 0. The third-order valence-electron chi connectivity index (χ3n) is 5.59. The molecule has 0 aromatic carbocycles. The van der Waals surface area contributed by atoms with Gasteiger partial charge in [0.25, 0.3) is 0 Å². The lowest BCUT2D eigenvalue weighted by Gasteiger charge is -2.02. The third-order valence-corrected chi connectivity index (χ3v) is 5.59. The highest BCUT2D eigenvalue weighted by Crippen LogP contribution is 2.11. The van der Waals surface area contributed by atoms with Crippen molar-refractivity contribution in [2.75, 3.05) is 26.3 Å². The molecule has 0 aromatic heterocycles. The maximum absolute atomic E-state index is 11.5. The summed E-state index contributed by atoms with van der Waals surface area (Å²) in [5.41, 5.74) is 11.0. The first kappa shape index (κ1) is 32.6. The largest absolute Gasteiger partial charge is 0.477 e. The van der Waals surface area contributed by atoms with Gasteiger partial charge < -0.3 is 11.5 Å². The Morgan fingerprint density at radius 3 is 0.903 bits per heavy atom.